The quantitative estimate of drug-likeness (QED) is 0.477. The first kappa shape index (κ1) is 16.6. The van der Waals surface area contributed by atoms with Gasteiger partial charge in [0.15, 0.2) is 5.96 Å². The molecule has 1 aromatic rings. The van der Waals surface area contributed by atoms with E-state index in [9.17, 15) is 0 Å². The molecule has 17 heavy (non-hydrogen) atoms. The van der Waals surface area contributed by atoms with Gasteiger partial charge in [0.2, 0.25) is 0 Å². The largest absolute Gasteiger partial charge is 0.370 e. The van der Waals surface area contributed by atoms with Crippen LogP contribution >= 0.6 is 35.3 Å². The average molecular weight is 368 g/mol. The summed E-state index contributed by atoms with van der Waals surface area (Å²) in [5.74, 6) is 1.19. The van der Waals surface area contributed by atoms with Crippen LogP contribution in [0.2, 0.25) is 0 Å². The fourth-order valence-electron chi connectivity index (χ4n) is 1.17. The molecule has 0 spiro atoms. The molecule has 0 aliphatic rings. The molecule has 1 heterocycles. The molecule has 0 fully saturated rings. The van der Waals surface area contributed by atoms with Gasteiger partial charge in [-0.25, -0.2) is 9.98 Å². The SMILES string of the molecule is Cc1cnc(CN=C(N)NCCC(C)C)s1.I. The van der Waals surface area contributed by atoms with Crippen molar-refractivity contribution in [2.45, 2.75) is 33.7 Å². The van der Waals surface area contributed by atoms with Gasteiger partial charge in [-0.15, -0.1) is 35.3 Å². The van der Waals surface area contributed by atoms with Crippen molar-refractivity contribution in [1.82, 2.24) is 10.3 Å². The maximum absolute atomic E-state index is 5.73. The Morgan fingerprint density at radius 2 is 2.29 bits per heavy atom. The number of nitrogens with two attached hydrogens (primary N) is 1. The van der Waals surface area contributed by atoms with Crippen LogP contribution in [0.4, 0.5) is 0 Å². The van der Waals surface area contributed by atoms with Gasteiger partial charge >= 0.3 is 0 Å². The second-order valence-electron chi connectivity index (χ2n) is 4.18. The highest BCUT2D eigenvalue weighted by Crippen LogP contribution is 2.11. The molecule has 0 atom stereocenters. The second-order valence-corrected chi connectivity index (χ2v) is 5.49. The summed E-state index contributed by atoms with van der Waals surface area (Å²) in [6.45, 7) is 7.86. The Balaban J connectivity index is 0.00000256. The summed E-state index contributed by atoms with van der Waals surface area (Å²) in [4.78, 5) is 9.67. The summed E-state index contributed by atoms with van der Waals surface area (Å²) < 4.78 is 0. The molecule has 4 nitrogen and oxygen atoms in total. The summed E-state index contributed by atoms with van der Waals surface area (Å²) in [5, 5.41) is 4.10. The number of halogens is 1. The molecule has 0 radical (unpaired) electrons. The predicted octanol–water partition coefficient (Wildman–Crippen LogP) is 2.52. The van der Waals surface area contributed by atoms with Gasteiger partial charge in [-0.05, 0) is 19.3 Å². The van der Waals surface area contributed by atoms with Crippen LogP contribution in [0.25, 0.3) is 0 Å². The number of thiazole rings is 1. The Kier molecular flexibility index (Phi) is 8.49. The number of hydrogen-bond acceptors (Lipinski definition) is 3. The highest BCUT2D eigenvalue weighted by molar-refractivity contribution is 14.0. The van der Waals surface area contributed by atoms with Gasteiger partial charge in [-0.1, -0.05) is 13.8 Å². The van der Waals surface area contributed by atoms with Crippen molar-refractivity contribution >= 4 is 41.3 Å². The van der Waals surface area contributed by atoms with E-state index in [0.717, 1.165) is 18.0 Å². The van der Waals surface area contributed by atoms with Crippen LogP contribution in [0.15, 0.2) is 11.2 Å². The van der Waals surface area contributed by atoms with Gasteiger partial charge in [0.05, 0.1) is 6.54 Å². The van der Waals surface area contributed by atoms with Crippen LogP contribution < -0.4 is 11.1 Å². The number of hydrogen-bond donors (Lipinski definition) is 2. The number of aliphatic imine (C=N–C) groups is 1. The highest BCUT2D eigenvalue weighted by atomic mass is 127. The molecule has 0 aromatic carbocycles. The zero-order valence-electron chi connectivity index (χ0n) is 10.6. The first-order chi connectivity index (χ1) is 7.58. The molecular weight excluding hydrogens is 347 g/mol. The van der Waals surface area contributed by atoms with Crippen molar-refractivity contribution in [3.63, 3.8) is 0 Å². The summed E-state index contributed by atoms with van der Waals surface area (Å²) in [6.07, 6.45) is 2.96. The molecule has 98 valence electrons. The van der Waals surface area contributed by atoms with E-state index in [1.54, 1.807) is 11.3 Å². The molecule has 6 heteroatoms. The van der Waals surface area contributed by atoms with Gasteiger partial charge in [0.1, 0.15) is 5.01 Å². The summed E-state index contributed by atoms with van der Waals surface area (Å²) >= 11 is 1.66. The van der Waals surface area contributed by atoms with Crippen molar-refractivity contribution < 1.29 is 0 Å². The van der Waals surface area contributed by atoms with E-state index in [4.69, 9.17) is 5.73 Å². The third-order valence-electron chi connectivity index (χ3n) is 2.08. The average Bonchev–Trinajstić information content (AvgIpc) is 2.61. The number of rotatable bonds is 5. The van der Waals surface area contributed by atoms with Gasteiger partial charge in [0, 0.05) is 17.6 Å². The van der Waals surface area contributed by atoms with E-state index < -0.39 is 0 Å². The Morgan fingerprint density at radius 1 is 1.59 bits per heavy atom. The molecule has 0 aliphatic carbocycles. The molecule has 1 aromatic heterocycles. The van der Waals surface area contributed by atoms with Gasteiger partial charge in [-0.3, -0.25) is 0 Å². The first-order valence-electron chi connectivity index (χ1n) is 5.53. The highest BCUT2D eigenvalue weighted by Gasteiger charge is 1.98. The minimum atomic E-state index is 0. The van der Waals surface area contributed by atoms with Crippen molar-refractivity contribution in [3.8, 4) is 0 Å². The lowest BCUT2D eigenvalue weighted by Crippen LogP contribution is -2.32. The molecule has 0 amide bonds. The van der Waals surface area contributed by atoms with Crippen molar-refractivity contribution in [2.24, 2.45) is 16.6 Å². The topological polar surface area (TPSA) is 63.3 Å². The monoisotopic (exact) mass is 368 g/mol. The van der Waals surface area contributed by atoms with Crippen LogP contribution in [0.5, 0.6) is 0 Å². The maximum Gasteiger partial charge on any atom is 0.189 e. The van der Waals surface area contributed by atoms with E-state index in [1.165, 1.54) is 4.88 Å². The fourth-order valence-corrected chi connectivity index (χ4v) is 1.88. The Bertz CT molecular complexity index is 349. The van der Waals surface area contributed by atoms with Crippen molar-refractivity contribution in [3.05, 3.63) is 16.1 Å². The molecule has 0 saturated heterocycles. The summed E-state index contributed by atoms with van der Waals surface area (Å²) in [5.41, 5.74) is 5.73. The van der Waals surface area contributed by atoms with Crippen molar-refractivity contribution in [1.29, 1.82) is 0 Å². The molecule has 0 saturated carbocycles. The molecule has 0 bridgehead atoms. The summed E-state index contributed by atoms with van der Waals surface area (Å²) in [7, 11) is 0. The Labute approximate surface area is 124 Å². The van der Waals surface area contributed by atoms with Crippen LogP contribution in [0, 0.1) is 12.8 Å². The molecule has 3 N–H and O–H groups in total. The normalized spacial score (nSPS) is 11.4. The predicted molar refractivity (Wildman–Crippen MR) is 85.1 cm³/mol. The van der Waals surface area contributed by atoms with Crippen LogP contribution in [-0.4, -0.2) is 17.5 Å². The van der Waals surface area contributed by atoms with Gasteiger partial charge in [0.25, 0.3) is 0 Å². The molecular formula is C11H21IN4S. The zero-order valence-corrected chi connectivity index (χ0v) is 13.7. The number of nitrogens with zero attached hydrogens (tertiary/aromatic N) is 2. The number of aryl methyl sites for hydroxylation is 1. The van der Waals surface area contributed by atoms with Gasteiger partial charge in [-0.2, -0.15) is 0 Å². The number of nitrogens with one attached hydrogen (secondary N) is 1. The zero-order chi connectivity index (χ0) is 12.0. The van der Waals surface area contributed by atoms with E-state index in [2.05, 4.69) is 29.1 Å². The van der Waals surface area contributed by atoms with E-state index in [-0.39, 0.29) is 24.0 Å². The van der Waals surface area contributed by atoms with Gasteiger partial charge < -0.3 is 11.1 Å². The maximum atomic E-state index is 5.73. The number of guanidine groups is 1. The Hall–Kier alpha value is -0.370. The minimum absolute atomic E-state index is 0. The molecule has 0 aliphatic heterocycles. The fraction of sp³-hybridized carbons (Fsp3) is 0.636. The third kappa shape index (κ3) is 7.54. The second kappa shape index (κ2) is 8.68. The lowest BCUT2D eigenvalue weighted by Gasteiger charge is -2.06. The van der Waals surface area contributed by atoms with Crippen LogP contribution in [0.1, 0.15) is 30.2 Å². The lowest BCUT2D eigenvalue weighted by atomic mass is 10.1. The smallest absolute Gasteiger partial charge is 0.189 e. The molecule has 0 unspecified atom stereocenters. The van der Waals surface area contributed by atoms with Crippen LogP contribution in [-0.2, 0) is 6.54 Å². The van der Waals surface area contributed by atoms with E-state index >= 15 is 0 Å². The minimum Gasteiger partial charge on any atom is -0.370 e. The van der Waals surface area contributed by atoms with Crippen LogP contribution in [0.3, 0.4) is 0 Å². The lowest BCUT2D eigenvalue weighted by molar-refractivity contribution is 0.576. The van der Waals surface area contributed by atoms with E-state index in [0.29, 0.717) is 18.4 Å². The Morgan fingerprint density at radius 3 is 2.82 bits per heavy atom. The third-order valence-corrected chi connectivity index (χ3v) is 2.98. The molecule has 1 rings (SSSR count). The van der Waals surface area contributed by atoms with Crippen molar-refractivity contribution in [2.75, 3.05) is 6.54 Å². The van der Waals surface area contributed by atoms with E-state index in [1.807, 2.05) is 13.1 Å². The standard InChI is InChI=1S/C11H20N4S.HI/c1-8(2)4-5-13-11(12)15-7-10-14-6-9(3)16-10;/h6,8H,4-5,7H2,1-3H3,(H3,12,13,15);1H. The summed E-state index contributed by atoms with van der Waals surface area (Å²) in [6, 6.07) is 0. The first-order valence-corrected chi connectivity index (χ1v) is 6.34. The number of aromatic nitrogens is 1.